The summed E-state index contributed by atoms with van der Waals surface area (Å²) in [6, 6.07) is 6.47. The molecule has 1 aliphatic carbocycles. The van der Waals surface area contributed by atoms with Crippen molar-refractivity contribution in [3.8, 4) is 12.3 Å². The van der Waals surface area contributed by atoms with Crippen molar-refractivity contribution in [3.05, 3.63) is 47.2 Å². The van der Waals surface area contributed by atoms with E-state index in [0.29, 0.717) is 11.1 Å². The van der Waals surface area contributed by atoms with Crippen LogP contribution in [-0.2, 0) is 0 Å². The standard InChI is InChI=1S/C14H11NO2/c1-3-9(2)15-12-8-13(16)10-6-4-5-7-11(10)14(12)17/h1,4-9,15H,2H3. The van der Waals surface area contributed by atoms with Gasteiger partial charge in [0, 0.05) is 17.2 Å². The molecule has 0 saturated carbocycles. The van der Waals surface area contributed by atoms with Gasteiger partial charge in [0.1, 0.15) is 0 Å². The Morgan fingerprint density at radius 2 is 1.88 bits per heavy atom. The smallest absolute Gasteiger partial charge is 0.209 e. The first-order valence-corrected chi connectivity index (χ1v) is 5.26. The lowest BCUT2D eigenvalue weighted by molar-refractivity contribution is 0.0977. The Hall–Kier alpha value is -2.34. The van der Waals surface area contributed by atoms with Gasteiger partial charge in [-0.05, 0) is 6.92 Å². The Labute approximate surface area is 99.5 Å². The average Bonchev–Trinajstić information content (AvgIpc) is 2.35. The van der Waals surface area contributed by atoms with Crippen LogP contribution in [0.5, 0.6) is 0 Å². The number of carbonyl (C=O) groups excluding carboxylic acids is 2. The number of rotatable bonds is 2. The van der Waals surface area contributed by atoms with Crippen molar-refractivity contribution in [3.63, 3.8) is 0 Å². The summed E-state index contributed by atoms with van der Waals surface area (Å²) in [7, 11) is 0. The summed E-state index contributed by atoms with van der Waals surface area (Å²) in [6.45, 7) is 1.75. The minimum Gasteiger partial charge on any atom is -0.369 e. The Bertz CT molecular complexity index is 564. The summed E-state index contributed by atoms with van der Waals surface area (Å²) in [5.74, 6) is 2.09. The van der Waals surface area contributed by atoms with Crippen LogP contribution < -0.4 is 5.32 Å². The minimum atomic E-state index is -0.289. The van der Waals surface area contributed by atoms with Gasteiger partial charge in [-0.3, -0.25) is 9.59 Å². The molecule has 0 spiro atoms. The van der Waals surface area contributed by atoms with E-state index in [4.69, 9.17) is 6.42 Å². The van der Waals surface area contributed by atoms with Crippen molar-refractivity contribution in [1.82, 2.24) is 5.32 Å². The van der Waals surface area contributed by atoms with Gasteiger partial charge < -0.3 is 5.32 Å². The molecule has 2 rings (SSSR count). The van der Waals surface area contributed by atoms with Crippen LogP contribution in [0.4, 0.5) is 0 Å². The number of carbonyl (C=O) groups is 2. The quantitative estimate of drug-likeness (QED) is 0.777. The van der Waals surface area contributed by atoms with E-state index < -0.39 is 0 Å². The maximum atomic E-state index is 12.1. The van der Waals surface area contributed by atoms with E-state index in [-0.39, 0.29) is 23.3 Å². The van der Waals surface area contributed by atoms with Crippen molar-refractivity contribution in [2.45, 2.75) is 13.0 Å². The average molecular weight is 225 g/mol. The van der Waals surface area contributed by atoms with Gasteiger partial charge in [0.05, 0.1) is 11.7 Å². The highest BCUT2D eigenvalue weighted by Gasteiger charge is 2.25. The number of hydrogen-bond acceptors (Lipinski definition) is 3. The zero-order chi connectivity index (χ0) is 12.4. The molecule has 1 aromatic carbocycles. The zero-order valence-corrected chi connectivity index (χ0v) is 9.36. The van der Waals surface area contributed by atoms with Gasteiger partial charge in [-0.2, -0.15) is 0 Å². The zero-order valence-electron chi connectivity index (χ0n) is 9.36. The minimum absolute atomic E-state index is 0.174. The number of benzene rings is 1. The number of hydrogen-bond donors (Lipinski definition) is 1. The molecule has 84 valence electrons. The van der Waals surface area contributed by atoms with Gasteiger partial charge in [0.2, 0.25) is 5.78 Å². The lowest BCUT2D eigenvalue weighted by Crippen LogP contribution is -2.31. The van der Waals surface area contributed by atoms with E-state index in [1.165, 1.54) is 6.08 Å². The fourth-order valence-electron chi connectivity index (χ4n) is 1.70. The molecule has 1 N–H and O–H groups in total. The normalized spacial score (nSPS) is 15.6. The van der Waals surface area contributed by atoms with Gasteiger partial charge in [-0.1, -0.05) is 30.2 Å². The first-order valence-electron chi connectivity index (χ1n) is 5.26. The van der Waals surface area contributed by atoms with Crippen LogP contribution in [0.3, 0.4) is 0 Å². The molecule has 0 heterocycles. The maximum absolute atomic E-state index is 12.1. The number of allylic oxidation sites excluding steroid dienone is 2. The molecular formula is C14H11NO2. The summed E-state index contributed by atoms with van der Waals surface area (Å²) in [6.07, 6.45) is 6.53. The Kier molecular flexibility index (Phi) is 2.80. The Morgan fingerprint density at radius 3 is 2.53 bits per heavy atom. The van der Waals surface area contributed by atoms with Crippen LogP contribution in [0, 0.1) is 12.3 Å². The second-order valence-electron chi connectivity index (χ2n) is 3.83. The third-order valence-electron chi connectivity index (χ3n) is 2.58. The van der Waals surface area contributed by atoms with Crippen LogP contribution >= 0.6 is 0 Å². The molecule has 0 radical (unpaired) electrons. The van der Waals surface area contributed by atoms with Gasteiger partial charge in [-0.15, -0.1) is 6.42 Å². The molecule has 1 atom stereocenters. The van der Waals surface area contributed by atoms with Crippen molar-refractivity contribution in [1.29, 1.82) is 0 Å². The molecule has 0 aromatic heterocycles. The molecule has 0 amide bonds. The van der Waals surface area contributed by atoms with E-state index in [2.05, 4.69) is 11.2 Å². The molecule has 0 bridgehead atoms. The van der Waals surface area contributed by atoms with Crippen molar-refractivity contribution in [2.75, 3.05) is 0 Å². The second kappa shape index (κ2) is 4.26. The molecule has 0 fully saturated rings. The van der Waals surface area contributed by atoms with E-state index in [9.17, 15) is 9.59 Å². The first-order chi connectivity index (χ1) is 8.13. The van der Waals surface area contributed by atoms with Gasteiger partial charge in [0.15, 0.2) is 5.78 Å². The molecule has 3 heteroatoms. The van der Waals surface area contributed by atoms with Gasteiger partial charge >= 0.3 is 0 Å². The SMILES string of the molecule is C#CC(C)NC1=CC(=O)c2ccccc2C1=O. The predicted molar refractivity (Wildman–Crippen MR) is 64.6 cm³/mol. The monoisotopic (exact) mass is 225 g/mol. The van der Waals surface area contributed by atoms with Crippen LogP contribution in [0.1, 0.15) is 27.6 Å². The number of Topliss-reactive ketones (excluding diaryl/α,β-unsaturated/α-hetero) is 1. The topological polar surface area (TPSA) is 46.2 Å². The molecule has 1 unspecified atom stereocenters. The van der Waals surface area contributed by atoms with Gasteiger partial charge in [-0.25, -0.2) is 0 Å². The summed E-state index contributed by atoms with van der Waals surface area (Å²) >= 11 is 0. The van der Waals surface area contributed by atoms with Crippen LogP contribution in [0.25, 0.3) is 0 Å². The molecule has 17 heavy (non-hydrogen) atoms. The molecule has 3 nitrogen and oxygen atoms in total. The fourth-order valence-corrected chi connectivity index (χ4v) is 1.70. The lowest BCUT2D eigenvalue weighted by atomic mass is 9.92. The van der Waals surface area contributed by atoms with Crippen LogP contribution in [0.2, 0.25) is 0 Å². The maximum Gasteiger partial charge on any atom is 0.209 e. The molecule has 1 aliphatic rings. The second-order valence-corrected chi connectivity index (χ2v) is 3.83. The van der Waals surface area contributed by atoms with Gasteiger partial charge in [0.25, 0.3) is 0 Å². The third kappa shape index (κ3) is 1.98. The van der Waals surface area contributed by atoms with Crippen molar-refractivity contribution < 1.29 is 9.59 Å². The van der Waals surface area contributed by atoms with E-state index in [1.54, 1.807) is 31.2 Å². The fraction of sp³-hybridized carbons (Fsp3) is 0.143. The third-order valence-corrected chi connectivity index (χ3v) is 2.58. The highest BCUT2D eigenvalue weighted by Crippen LogP contribution is 2.19. The summed E-state index contributed by atoms with van der Waals surface area (Å²) in [5, 5.41) is 2.84. The number of terminal acetylenes is 1. The summed E-state index contributed by atoms with van der Waals surface area (Å²) in [4.78, 5) is 23.9. The highest BCUT2D eigenvalue weighted by atomic mass is 16.1. The van der Waals surface area contributed by atoms with Crippen LogP contribution in [0.15, 0.2) is 36.0 Å². The predicted octanol–water partition coefficient (Wildman–Crippen LogP) is 1.56. The Morgan fingerprint density at radius 1 is 1.24 bits per heavy atom. The molecule has 0 aliphatic heterocycles. The summed E-state index contributed by atoms with van der Waals surface area (Å²) in [5.41, 5.74) is 1.13. The molecule has 0 saturated heterocycles. The van der Waals surface area contributed by atoms with E-state index in [0.717, 1.165) is 0 Å². The first kappa shape index (κ1) is 11.2. The van der Waals surface area contributed by atoms with Crippen LogP contribution in [-0.4, -0.2) is 17.6 Å². The highest BCUT2D eigenvalue weighted by molar-refractivity contribution is 6.24. The number of nitrogens with one attached hydrogen (secondary N) is 1. The lowest BCUT2D eigenvalue weighted by Gasteiger charge is -2.17. The number of ketones is 2. The Balaban J connectivity index is 2.39. The molecular weight excluding hydrogens is 214 g/mol. The van der Waals surface area contributed by atoms with Crippen molar-refractivity contribution >= 4 is 11.6 Å². The largest absolute Gasteiger partial charge is 0.369 e. The number of fused-ring (bicyclic) bond motifs is 1. The van der Waals surface area contributed by atoms with E-state index in [1.807, 2.05) is 0 Å². The van der Waals surface area contributed by atoms with Crippen molar-refractivity contribution in [2.24, 2.45) is 0 Å². The summed E-state index contributed by atoms with van der Waals surface area (Å²) < 4.78 is 0. The molecule has 1 aromatic rings. The van der Waals surface area contributed by atoms with E-state index >= 15 is 0 Å².